The third-order valence-corrected chi connectivity index (χ3v) is 2.26. The Morgan fingerprint density at radius 3 is 2.53 bits per heavy atom. The molecule has 15 heavy (non-hydrogen) atoms. The van der Waals surface area contributed by atoms with Crippen molar-refractivity contribution in [1.82, 2.24) is 9.78 Å². The Balaban J connectivity index is 2.55. The molecule has 1 aromatic carbocycles. The average molecular weight is 205 g/mol. The first-order chi connectivity index (χ1) is 7.24. The summed E-state index contributed by atoms with van der Waals surface area (Å²) in [6.07, 6.45) is 0.538. The number of hydrogen-bond donors (Lipinski definition) is 1. The number of hydrogen-bond acceptors (Lipinski definition) is 2. The summed E-state index contributed by atoms with van der Waals surface area (Å²) in [5.41, 5.74) is 6.81. The summed E-state index contributed by atoms with van der Waals surface area (Å²) in [7, 11) is 0. The van der Waals surface area contributed by atoms with Crippen molar-refractivity contribution in [3.8, 4) is 5.69 Å². The molecule has 78 valence electrons. The van der Waals surface area contributed by atoms with Crippen LogP contribution in [0.25, 0.3) is 5.69 Å². The minimum atomic E-state index is -0.415. The highest BCUT2D eigenvalue weighted by Gasteiger charge is 2.14. The van der Waals surface area contributed by atoms with E-state index in [0.29, 0.717) is 12.1 Å². The molecule has 0 unspecified atom stereocenters. The molecule has 0 aliphatic heterocycles. The van der Waals surface area contributed by atoms with Crippen LogP contribution in [0.1, 0.15) is 12.6 Å². The van der Waals surface area contributed by atoms with Crippen LogP contribution >= 0.6 is 0 Å². The Kier molecular flexibility index (Phi) is 2.41. The molecular formula is C11H12FN3. The summed E-state index contributed by atoms with van der Waals surface area (Å²) in [6.45, 7) is 1.85. The first-order valence-corrected chi connectivity index (χ1v) is 4.82. The van der Waals surface area contributed by atoms with E-state index in [2.05, 4.69) is 5.10 Å². The number of benzene rings is 1. The van der Waals surface area contributed by atoms with E-state index in [9.17, 15) is 4.39 Å². The molecule has 0 aliphatic carbocycles. The van der Waals surface area contributed by atoms with Crippen LogP contribution in [0, 0.1) is 5.82 Å². The maximum absolute atomic E-state index is 13.5. The Bertz CT molecular complexity index is 462. The summed E-state index contributed by atoms with van der Waals surface area (Å²) in [5, 5.41) is 4.11. The number of halogens is 1. The second-order valence-electron chi connectivity index (χ2n) is 3.25. The molecule has 1 heterocycles. The summed E-state index contributed by atoms with van der Waals surface area (Å²) in [6, 6.07) is 9.28. The van der Waals surface area contributed by atoms with Gasteiger partial charge in [0.15, 0.2) is 11.6 Å². The molecule has 0 bridgehead atoms. The van der Waals surface area contributed by atoms with Crippen LogP contribution in [0.4, 0.5) is 10.2 Å². The lowest BCUT2D eigenvalue weighted by atomic mass is 10.3. The van der Waals surface area contributed by atoms with Gasteiger partial charge in [-0.1, -0.05) is 25.1 Å². The summed E-state index contributed by atoms with van der Waals surface area (Å²) in [5.74, 6) is -0.348. The van der Waals surface area contributed by atoms with Crippen molar-refractivity contribution in [3.63, 3.8) is 0 Å². The normalized spacial score (nSPS) is 10.5. The first-order valence-electron chi connectivity index (χ1n) is 4.82. The predicted molar refractivity (Wildman–Crippen MR) is 57.3 cm³/mol. The number of aromatic nitrogens is 2. The van der Waals surface area contributed by atoms with Gasteiger partial charge in [0.05, 0.1) is 5.69 Å². The molecule has 1 aromatic heterocycles. The number of anilines is 1. The van der Waals surface area contributed by atoms with E-state index in [-0.39, 0.29) is 5.82 Å². The van der Waals surface area contributed by atoms with Crippen molar-refractivity contribution < 1.29 is 4.39 Å². The Morgan fingerprint density at radius 2 is 2.00 bits per heavy atom. The highest BCUT2D eigenvalue weighted by Crippen LogP contribution is 2.19. The van der Waals surface area contributed by atoms with Crippen molar-refractivity contribution in [1.29, 1.82) is 0 Å². The van der Waals surface area contributed by atoms with Crippen LogP contribution in [0.3, 0.4) is 0 Å². The molecule has 0 fully saturated rings. The minimum absolute atomic E-state index is 0.0676. The summed E-state index contributed by atoms with van der Waals surface area (Å²) in [4.78, 5) is 0. The third kappa shape index (κ3) is 1.58. The lowest BCUT2D eigenvalue weighted by molar-refractivity contribution is 0.616. The van der Waals surface area contributed by atoms with Gasteiger partial charge < -0.3 is 5.73 Å². The van der Waals surface area contributed by atoms with Gasteiger partial charge in [0.25, 0.3) is 0 Å². The maximum atomic E-state index is 13.5. The third-order valence-electron chi connectivity index (χ3n) is 2.26. The fourth-order valence-electron chi connectivity index (χ4n) is 1.45. The zero-order valence-electron chi connectivity index (χ0n) is 8.44. The molecule has 0 saturated carbocycles. The first kappa shape index (κ1) is 9.71. The van der Waals surface area contributed by atoms with E-state index in [1.807, 2.05) is 37.3 Å². The molecule has 0 spiro atoms. The van der Waals surface area contributed by atoms with Crippen LogP contribution < -0.4 is 5.73 Å². The van der Waals surface area contributed by atoms with Gasteiger partial charge in [-0.3, -0.25) is 0 Å². The fraction of sp³-hybridized carbons (Fsp3) is 0.182. The highest BCUT2D eigenvalue weighted by atomic mass is 19.1. The van der Waals surface area contributed by atoms with Gasteiger partial charge in [-0.25, -0.2) is 9.07 Å². The van der Waals surface area contributed by atoms with E-state index in [1.54, 1.807) is 0 Å². The number of para-hydroxylation sites is 1. The van der Waals surface area contributed by atoms with E-state index < -0.39 is 5.82 Å². The Labute approximate surface area is 87.3 Å². The summed E-state index contributed by atoms with van der Waals surface area (Å²) < 4.78 is 14.9. The van der Waals surface area contributed by atoms with Gasteiger partial charge in [0.1, 0.15) is 5.69 Å². The molecular weight excluding hydrogens is 193 g/mol. The zero-order chi connectivity index (χ0) is 10.8. The largest absolute Gasteiger partial charge is 0.381 e. The van der Waals surface area contributed by atoms with Gasteiger partial charge in [-0.15, -0.1) is 0 Å². The molecule has 4 heteroatoms. The maximum Gasteiger partial charge on any atom is 0.188 e. The predicted octanol–water partition coefficient (Wildman–Crippen LogP) is 2.16. The van der Waals surface area contributed by atoms with Crippen LogP contribution in [-0.2, 0) is 6.42 Å². The lowest BCUT2D eigenvalue weighted by Gasteiger charge is -2.01. The van der Waals surface area contributed by atoms with Crippen molar-refractivity contribution in [3.05, 3.63) is 41.8 Å². The second-order valence-corrected chi connectivity index (χ2v) is 3.25. The molecule has 0 saturated heterocycles. The molecule has 0 aliphatic rings. The number of nitrogens with zero attached hydrogens (tertiary/aromatic N) is 2. The molecule has 2 N–H and O–H groups in total. The van der Waals surface area contributed by atoms with E-state index in [1.165, 1.54) is 4.68 Å². The number of nitrogen functional groups attached to an aromatic ring is 1. The van der Waals surface area contributed by atoms with Gasteiger partial charge in [0, 0.05) is 0 Å². The quantitative estimate of drug-likeness (QED) is 0.816. The minimum Gasteiger partial charge on any atom is -0.381 e. The fourth-order valence-corrected chi connectivity index (χ4v) is 1.45. The van der Waals surface area contributed by atoms with Crippen molar-refractivity contribution in [2.45, 2.75) is 13.3 Å². The van der Waals surface area contributed by atoms with E-state index in [0.717, 1.165) is 5.69 Å². The van der Waals surface area contributed by atoms with Crippen LogP contribution in [0.15, 0.2) is 30.3 Å². The molecule has 0 radical (unpaired) electrons. The van der Waals surface area contributed by atoms with Crippen molar-refractivity contribution in [2.24, 2.45) is 0 Å². The molecule has 0 amide bonds. The van der Waals surface area contributed by atoms with Crippen LogP contribution in [0.5, 0.6) is 0 Å². The van der Waals surface area contributed by atoms with Crippen LogP contribution in [-0.4, -0.2) is 9.78 Å². The highest BCUT2D eigenvalue weighted by molar-refractivity contribution is 5.44. The van der Waals surface area contributed by atoms with Crippen molar-refractivity contribution >= 4 is 5.82 Å². The molecule has 3 nitrogen and oxygen atoms in total. The second kappa shape index (κ2) is 3.73. The Hall–Kier alpha value is -1.84. The lowest BCUT2D eigenvalue weighted by Crippen LogP contribution is -2.02. The average Bonchev–Trinajstić information content (AvgIpc) is 2.57. The monoisotopic (exact) mass is 205 g/mol. The standard InChI is InChI=1S/C11H12FN3/c1-2-9-10(12)11(13)15(14-9)8-6-4-3-5-7-8/h3-7H,2,13H2,1H3. The van der Waals surface area contributed by atoms with Gasteiger partial charge in [-0.2, -0.15) is 5.10 Å². The number of rotatable bonds is 2. The topological polar surface area (TPSA) is 43.8 Å². The SMILES string of the molecule is CCc1nn(-c2ccccc2)c(N)c1F. The van der Waals surface area contributed by atoms with Gasteiger partial charge in [0.2, 0.25) is 0 Å². The van der Waals surface area contributed by atoms with E-state index >= 15 is 0 Å². The van der Waals surface area contributed by atoms with Gasteiger partial charge >= 0.3 is 0 Å². The molecule has 2 aromatic rings. The molecule has 2 rings (SSSR count). The Morgan fingerprint density at radius 1 is 1.33 bits per heavy atom. The zero-order valence-corrected chi connectivity index (χ0v) is 8.44. The van der Waals surface area contributed by atoms with Gasteiger partial charge in [-0.05, 0) is 18.6 Å². The molecule has 0 atom stereocenters. The van der Waals surface area contributed by atoms with E-state index in [4.69, 9.17) is 5.73 Å². The smallest absolute Gasteiger partial charge is 0.188 e. The number of aryl methyl sites for hydroxylation is 1. The number of nitrogens with two attached hydrogens (primary N) is 1. The summed E-state index contributed by atoms with van der Waals surface area (Å²) >= 11 is 0. The van der Waals surface area contributed by atoms with Crippen molar-refractivity contribution in [2.75, 3.05) is 5.73 Å². The van der Waals surface area contributed by atoms with Crippen LogP contribution in [0.2, 0.25) is 0 Å².